The summed E-state index contributed by atoms with van der Waals surface area (Å²) in [6.45, 7) is 2.11. The number of aromatic nitrogens is 5. The zero-order chi connectivity index (χ0) is 15.3. The van der Waals surface area contributed by atoms with Crippen LogP contribution >= 0.6 is 0 Å². The van der Waals surface area contributed by atoms with Crippen LogP contribution in [0.3, 0.4) is 0 Å². The number of carboxylic acid groups (broad SMARTS) is 1. The third kappa shape index (κ3) is 1.81. The molecule has 3 atom stereocenters. The zero-order valence-electron chi connectivity index (χ0n) is 12.2. The summed E-state index contributed by atoms with van der Waals surface area (Å²) in [5.41, 5.74) is 2.43. The van der Waals surface area contributed by atoms with Gasteiger partial charge in [0.25, 0.3) is 0 Å². The van der Waals surface area contributed by atoms with Crippen molar-refractivity contribution >= 4 is 22.8 Å². The third-order valence-corrected chi connectivity index (χ3v) is 4.87. The van der Waals surface area contributed by atoms with E-state index < -0.39 is 5.97 Å². The smallest absolute Gasteiger partial charge is 0.306 e. The Hall–Kier alpha value is -2.44. The summed E-state index contributed by atoms with van der Waals surface area (Å²) in [5, 5.41) is 17.9. The molecule has 0 saturated heterocycles. The van der Waals surface area contributed by atoms with Crippen LogP contribution in [-0.2, 0) is 4.79 Å². The highest BCUT2D eigenvalue weighted by atomic mass is 16.4. The second-order valence-electron chi connectivity index (χ2n) is 6.00. The molecule has 0 radical (unpaired) electrons. The van der Waals surface area contributed by atoms with Crippen molar-refractivity contribution < 1.29 is 9.90 Å². The Kier molecular flexibility index (Phi) is 2.88. The molecule has 2 N–H and O–H groups in total. The minimum absolute atomic E-state index is 0.126. The second kappa shape index (κ2) is 4.79. The lowest BCUT2D eigenvalue weighted by atomic mass is 9.93. The first-order valence-corrected chi connectivity index (χ1v) is 7.59. The van der Waals surface area contributed by atoms with Crippen LogP contribution in [0.1, 0.15) is 37.9 Å². The van der Waals surface area contributed by atoms with Crippen LogP contribution in [0.15, 0.2) is 18.5 Å². The Balaban J connectivity index is 1.86. The fourth-order valence-electron chi connectivity index (χ4n) is 3.73. The SMILES string of the molecule is CC[C@@H]1C[C@@H](C(=O)O)C[C@@H]1c1nnc2cnc3[nH]ccc3n12. The molecule has 0 bridgehead atoms. The summed E-state index contributed by atoms with van der Waals surface area (Å²) in [6, 6.07) is 1.95. The Morgan fingerprint density at radius 1 is 1.45 bits per heavy atom. The molecular weight excluding hydrogens is 282 g/mol. The number of rotatable bonds is 3. The van der Waals surface area contributed by atoms with Gasteiger partial charge in [-0.1, -0.05) is 13.3 Å². The van der Waals surface area contributed by atoms with Crippen molar-refractivity contribution in [3.8, 4) is 0 Å². The monoisotopic (exact) mass is 299 g/mol. The molecule has 7 nitrogen and oxygen atoms in total. The van der Waals surface area contributed by atoms with E-state index in [0.717, 1.165) is 23.4 Å². The standard InChI is InChI=1S/C15H17N5O2/c1-2-8-5-9(15(21)22)6-10(8)14-19-18-12-7-17-13-11(20(12)14)3-4-16-13/h3-4,7-10,16H,2,5-6H2,1H3,(H,21,22)/t8-,9-,10+/m1/s1. The molecule has 22 heavy (non-hydrogen) atoms. The van der Waals surface area contributed by atoms with E-state index in [9.17, 15) is 9.90 Å². The van der Waals surface area contributed by atoms with Gasteiger partial charge in [0.1, 0.15) is 5.82 Å². The van der Waals surface area contributed by atoms with Gasteiger partial charge in [-0.15, -0.1) is 10.2 Å². The molecule has 0 spiro atoms. The molecular formula is C15H17N5O2. The first-order chi connectivity index (χ1) is 10.7. The summed E-state index contributed by atoms with van der Waals surface area (Å²) in [4.78, 5) is 18.8. The Labute approximate surface area is 126 Å². The van der Waals surface area contributed by atoms with E-state index >= 15 is 0 Å². The zero-order valence-corrected chi connectivity index (χ0v) is 12.2. The Morgan fingerprint density at radius 3 is 3.09 bits per heavy atom. The van der Waals surface area contributed by atoms with E-state index in [1.165, 1.54) is 0 Å². The number of nitrogens with one attached hydrogen (secondary N) is 1. The first-order valence-electron chi connectivity index (χ1n) is 7.59. The molecule has 3 aromatic heterocycles. The summed E-state index contributed by atoms with van der Waals surface area (Å²) in [5.74, 6) is 0.323. The fourth-order valence-corrected chi connectivity index (χ4v) is 3.73. The highest BCUT2D eigenvalue weighted by Crippen LogP contribution is 2.44. The molecule has 1 aliphatic rings. The van der Waals surface area contributed by atoms with Gasteiger partial charge in [-0.3, -0.25) is 9.20 Å². The molecule has 7 heteroatoms. The summed E-state index contributed by atoms with van der Waals surface area (Å²) >= 11 is 0. The highest BCUT2D eigenvalue weighted by Gasteiger charge is 2.40. The van der Waals surface area contributed by atoms with Gasteiger partial charge in [0.2, 0.25) is 0 Å². The molecule has 0 amide bonds. The van der Waals surface area contributed by atoms with Crippen molar-refractivity contribution in [2.75, 3.05) is 0 Å². The summed E-state index contributed by atoms with van der Waals surface area (Å²) in [7, 11) is 0. The number of aromatic amines is 1. The molecule has 1 aliphatic carbocycles. The van der Waals surface area contributed by atoms with Gasteiger partial charge in [-0.05, 0) is 24.8 Å². The Morgan fingerprint density at radius 2 is 2.32 bits per heavy atom. The van der Waals surface area contributed by atoms with Gasteiger partial charge in [0, 0.05) is 12.1 Å². The summed E-state index contributed by atoms with van der Waals surface area (Å²) in [6.07, 6.45) is 5.83. The number of carboxylic acids is 1. The lowest BCUT2D eigenvalue weighted by Crippen LogP contribution is -2.10. The molecule has 0 aromatic carbocycles. The van der Waals surface area contributed by atoms with Gasteiger partial charge in [0.15, 0.2) is 11.3 Å². The molecule has 0 aliphatic heterocycles. The number of nitrogens with zero attached hydrogens (tertiary/aromatic N) is 4. The lowest BCUT2D eigenvalue weighted by Gasteiger charge is -2.16. The Bertz CT molecular complexity index is 852. The minimum atomic E-state index is -0.705. The molecule has 1 fully saturated rings. The van der Waals surface area contributed by atoms with Crippen molar-refractivity contribution in [1.29, 1.82) is 0 Å². The maximum atomic E-state index is 11.4. The van der Waals surface area contributed by atoms with Crippen LogP contribution in [0.5, 0.6) is 0 Å². The average molecular weight is 299 g/mol. The van der Waals surface area contributed by atoms with E-state index in [2.05, 4.69) is 27.1 Å². The van der Waals surface area contributed by atoms with E-state index in [4.69, 9.17) is 0 Å². The second-order valence-corrected chi connectivity index (χ2v) is 6.00. The number of hydrogen-bond donors (Lipinski definition) is 2. The van der Waals surface area contributed by atoms with Gasteiger partial charge in [0.05, 0.1) is 17.6 Å². The molecule has 3 heterocycles. The lowest BCUT2D eigenvalue weighted by molar-refractivity contribution is -0.141. The van der Waals surface area contributed by atoms with E-state index in [1.807, 2.05) is 16.7 Å². The first kappa shape index (κ1) is 13.2. The quantitative estimate of drug-likeness (QED) is 0.773. The molecule has 1 saturated carbocycles. The van der Waals surface area contributed by atoms with Crippen molar-refractivity contribution in [1.82, 2.24) is 24.6 Å². The third-order valence-electron chi connectivity index (χ3n) is 4.87. The van der Waals surface area contributed by atoms with Crippen molar-refractivity contribution in [3.63, 3.8) is 0 Å². The number of H-pyrrole nitrogens is 1. The number of hydrogen-bond acceptors (Lipinski definition) is 4. The van der Waals surface area contributed by atoms with Crippen molar-refractivity contribution in [2.24, 2.45) is 11.8 Å². The van der Waals surface area contributed by atoms with Crippen LogP contribution in [0.2, 0.25) is 0 Å². The average Bonchev–Trinajstić information content (AvgIpc) is 3.22. The predicted molar refractivity (Wildman–Crippen MR) is 79.5 cm³/mol. The topological polar surface area (TPSA) is 96.2 Å². The van der Waals surface area contributed by atoms with Crippen LogP contribution < -0.4 is 0 Å². The predicted octanol–water partition coefficient (Wildman–Crippen LogP) is 2.21. The molecule has 114 valence electrons. The maximum Gasteiger partial charge on any atom is 0.306 e. The van der Waals surface area contributed by atoms with E-state index in [-0.39, 0.29) is 11.8 Å². The minimum Gasteiger partial charge on any atom is -0.481 e. The number of fused-ring (bicyclic) bond motifs is 3. The van der Waals surface area contributed by atoms with Gasteiger partial charge in [-0.2, -0.15) is 0 Å². The van der Waals surface area contributed by atoms with Crippen molar-refractivity contribution in [3.05, 3.63) is 24.3 Å². The van der Waals surface area contributed by atoms with Gasteiger partial charge in [-0.25, -0.2) is 4.98 Å². The maximum absolute atomic E-state index is 11.4. The highest BCUT2D eigenvalue weighted by molar-refractivity contribution is 5.74. The molecule has 3 aromatic rings. The van der Waals surface area contributed by atoms with Gasteiger partial charge < -0.3 is 10.1 Å². The van der Waals surface area contributed by atoms with Crippen molar-refractivity contribution in [2.45, 2.75) is 32.1 Å². The van der Waals surface area contributed by atoms with Crippen LogP contribution in [-0.4, -0.2) is 35.6 Å². The van der Waals surface area contributed by atoms with Gasteiger partial charge >= 0.3 is 5.97 Å². The van der Waals surface area contributed by atoms with Crippen LogP contribution in [0, 0.1) is 11.8 Å². The fraction of sp³-hybridized carbons (Fsp3) is 0.467. The number of carbonyl (C=O) groups is 1. The summed E-state index contributed by atoms with van der Waals surface area (Å²) < 4.78 is 2.01. The van der Waals surface area contributed by atoms with Crippen LogP contribution in [0.25, 0.3) is 16.8 Å². The normalized spacial score (nSPS) is 25.2. The largest absolute Gasteiger partial charge is 0.481 e. The molecule has 0 unspecified atom stereocenters. The molecule has 4 rings (SSSR count). The van der Waals surface area contributed by atoms with E-state index in [0.29, 0.717) is 24.4 Å². The van der Waals surface area contributed by atoms with E-state index in [1.54, 1.807) is 6.20 Å². The van der Waals surface area contributed by atoms with Crippen LogP contribution in [0.4, 0.5) is 0 Å². The number of aliphatic carboxylic acids is 1.